The van der Waals surface area contributed by atoms with Gasteiger partial charge in [-0.05, 0) is 31.7 Å². The first-order valence-corrected chi connectivity index (χ1v) is 7.41. The maximum atomic E-state index is 11.2. The van der Waals surface area contributed by atoms with E-state index in [4.69, 9.17) is 0 Å². The Morgan fingerprint density at radius 1 is 1.42 bits per heavy atom. The van der Waals surface area contributed by atoms with Crippen LogP contribution in [0.4, 0.5) is 0 Å². The molecule has 0 aliphatic heterocycles. The van der Waals surface area contributed by atoms with Gasteiger partial charge in [-0.25, -0.2) is 4.98 Å². The number of aromatic nitrogens is 2. The molecule has 1 aromatic heterocycles. The Bertz CT molecular complexity index is 629. The zero-order valence-electron chi connectivity index (χ0n) is 10.6. The number of benzene rings is 1. The second-order valence-electron chi connectivity index (χ2n) is 4.03. The van der Waals surface area contributed by atoms with Crippen LogP contribution in [0.1, 0.15) is 18.5 Å². The van der Waals surface area contributed by atoms with E-state index in [1.807, 2.05) is 19.2 Å². The lowest BCUT2D eigenvalue weighted by molar-refractivity contribution is 0.649. The van der Waals surface area contributed by atoms with E-state index in [9.17, 15) is 4.79 Å². The molecule has 1 heterocycles. The molecule has 0 saturated carbocycles. The lowest BCUT2D eigenvalue weighted by Crippen LogP contribution is -2.12. The Labute approximate surface area is 124 Å². The van der Waals surface area contributed by atoms with Crippen molar-refractivity contribution in [3.05, 3.63) is 50.9 Å². The number of nitrogens with one attached hydrogen (secondary N) is 2. The highest BCUT2D eigenvalue weighted by Gasteiger charge is 2.08. The number of hydrogen-bond donors (Lipinski definition) is 2. The molecule has 1 atom stereocenters. The first-order chi connectivity index (χ1) is 9.10. The third kappa shape index (κ3) is 3.68. The highest BCUT2D eigenvalue weighted by atomic mass is 79.9. The fourth-order valence-electron chi connectivity index (χ4n) is 1.59. The molecule has 4 nitrogen and oxygen atoms in total. The van der Waals surface area contributed by atoms with Crippen molar-refractivity contribution in [3.8, 4) is 0 Å². The molecule has 6 heteroatoms. The molecular weight excluding hydrogens is 326 g/mol. The molecule has 100 valence electrons. The van der Waals surface area contributed by atoms with E-state index in [0.717, 1.165) is 9.37 Å². The number of rotatable bonds is 4. The molecule has 0 saturated heterocycles. The van der Waals surface area contributed by atoms with Gasteiger partial charge >= 0.3 is 0 Å². The predicted octanol–water partition coefficient (Wildman–Crippen LogP) is 2.96. The average molecular weight is 340 g/mol. The zero-order valence-corrected chi connectivity index (χ0v) is 13.0. The Hall–Kier alpha value is -1.11. The molecule has 1 aromatic carbocycles. The van der Waals surface area contributed by atoms with Crippen LogP contribution in [-0.4, -0.2) is 17.0 Å². The second-order valence-corrected chi connectivity index (χ2v) is 5.95. The van der Waals surface area contributed by atoms with Gasteiger partial charge in [0.2, 0.25) is 0 Å². The van der Waals surface area contributed by atoms with Crippen molar-refractivity contribution in [2.75, 3.05) is 7.05 Å². The third-order valence-corrected chi connectivity index (χ3v) is 4.31. The van der Waals surface area contributed by atoms with Gasteiger partial charge < -0.3 is 10.3 Å². The van der Waals surface area contributed by atoms with Crippen LogP contribution in [0.2, 0.25) is 0 Å². The predicted molar refractivity (Wildman–Crippen MR) is 80.6 cm³/mol. The van der Waals surface area contributed by atoms with Gasteiger partial charge in [0, 0.05) is 27.7 Å². The van der Waals surface area contributed by atoms with Crippen LogP contribution >= 0.6 is 27.7 Å². The van der Waals surface area contributed by atoms with Gasteiger partial charge in [-0.3, -0.25) is 4.79 Å². The smallest absolute Gasteiger partial charge is 0.251 e. The van der Waals surface area contributed by atoms with Gasteiger partial charge in [-0.2, -0.15) is 0 Å². The highest BCUT2D eigenvalue weighted by molar-refractivity contribution is 9.10. The summed E-state index contributed by atoms with van der Waals surface area (Å²) in [6.07, 6.45) is 1.51. The fraction of sp³-hybridized carbons (Fsp3) is 0.231. The lowest BCUT2D eigenvalue weighted by Gasteiger charge is -2.13. The van der Waals surface area contributed by atoms with Crippen LogP contribution in [-0.2, 0) is 0 Å². The Balaban J connectivity index is 2.23. The van der Waals surface area contributed by atoms with Crippen molar-refractivity contribution in [2.45, 2.75) is 23.0 Å². The maximum Gasteiger partial charge on any atom is 0.251 e. The van der Waals surface area contributed by atoms with Crippen molar-refractivity contribution in [3.63, 3.8) is 0 Å². The highest BCUT2D eigenvalue weighted by Crippen LogP contribution is 2.30. The van der Waals surface area contributed by atoms with E-state index >= 15 is 0 Å². The van der Waals surface area contributed by atoms with E-state index < -0.39 is 0 Å². The molecule has 0 radical (unpaired) electrons. The van der Waals surface area contributed by atoms with Crippen LogP contribution in [0.3, 0.4) is 0 Å². The van der Waals surface area contributed by atoms with Gasteiger partial charge in [-0.1, -0.05) is 33.8 Å². The number of halogens is 1. The van der Waals surface area contributed by atoms with Gasteiger partial charge in [-0.15, -0.1) is 0 Å². The van der Waals surface area contributed by atoms with E-state index in [1.165, 1.54) is 29.6 Å². The summed E-state index contributed by atoms with van der Waals surface area (Å²) in [5.41, 5.74) is 1.05. The lowest BCUT2D eigenvalue weighted by atomic mass is 10.1. The van der Waals surface area contributed by atoms with Gasteiger partial charge in [0.05, 0.1) is 0 Å². The molecule has 2 N–H and O–H groups in total. The molecule has 0 amide bonds. The molecule has 0 aliphatic carbocycles. The second kappa shape index (κ2) is 6.36. The zero-order chi connectivity index (χ0) is 13.8. The Kier molecular flexibility index (Phi) is 4.79. The molecule has 19 heavy (non-hydrogen) atoms. The molecule has 2 rings (SSSR count). The summed E-state index contributed by atoms with van der Waals surface area (Å²) in [6, 6.07) is 7.79. The number of nitrogens with zero attached hydrogens (tertiary/aromatic N) is 1. The maximum absolute atomic E-state index is 11.2. The van der Waals surface area contributed by atoms with Crippen LogP contribution in [0, 0.1) is 0 Å². The summed E-state index contributed by atoms with van der Waals surface area (Å²) in [5.74, 6) is 0. The molecule has 0 fully saturated rings. The molecule has 0 aliphatic rings. The van der Waals surface area contributed by atoms with Crippen LogP contribution in [0.25, 0.3) is 0 Å². The number of H-pyrrole nitrogens is 1. The standard InChI is InChI=1S/C13H14BrN3OS/c1-8(15-2)10-4-3-9(7-11(10)14)19-13-16-6-5-12(18)17-13/h3-8,15H,1-2H3,(H,16,17,18). The van der Waals surface area contributed by atoms with Crippen molar-refractivity contribution >= 4 is 27.7 Å². The Morgan fingerprint density at radius 2 is 2.21 bits per heavy atom. The summed E-state index contributed by atoms with van der Waals surface area (Å²) in [7, 11) is 1.93. The quantitative estimate of drug-likeness (QED) is 0.841. The normalized spacial score (nSPS) is 12.4. The minimum absolute atomic E-state index is 0.142. The van der Waals surface area contributed by atoms with Gasteiger partial charge in [0.15, 0.2) is 5.16 Å². The number of hydrogen-bond acceptors (Lipinski definition) is 4. The minimum Gasteiger partial charge on any atom is -0.313 e. The first kappa shape index (κ1) is 14.3. The molecule has 0 spiro atoms. The van der Waals surface area contributed by atoms with E-state index in [-0.39, 0.29) is 11.6 Å². The van der Waals surface area contributed by atoms with Crippen LogP contribution in [0.15, 0.2) is 49.8 Å². The first-order valence-electron chi connectivity index (χ1n) is 5.80. The summed E-state index contributed by atoms with van der Waals surface area (Å²) in [6.45, 7) is 2.10. The van der Waals surface area contributed by atoms with Crippen LogP contribution < -0.4 is 10.9 Å². The number of aromatic amines is 1. The Morgan fingerprint density at radius 3 is 2.84 bits per heavy atom. The van der Waals surface area contributed by atoms with Crippen molar-refractivity contribution in [1.82, 2.24) is 15.3 Å². The largest absolute Gasteiger partial charge is 0.313 e. The summed E-state index contributed by atoms with van der Waals surface area (Å²) < 4.78 is 1.04. The average Bonchev–Trinajstić information content (AvgIpc) is 2.38. The third-order valence-electron chi connectivity index (χ3n) is 2.73. The van der Waals surface area contributed by atoms with Gasteiger partial charge in [0.25, 0.3) is 5.56 Å². The monoisotopic (exact) mass is 339 g/mol. The van der Waals surface area contributed by atoms with Crippen LogP contribution in [0.5, 0.6) is 0 Å². The molecule has 1 unspecified atom stereocenters. The summed E-state index contributed by atoms with van der Waals surface area (Å²) in [5, 5.41) is 3.79. The molecule has 2 aromatic rings. The van der Waals surface area contributed by atoms with Gasteiger partial charge in [0.1, 0.15) is 0 Å². The van der Waals surface area contributed by atoms with E-state index in [0.29, 0.717) is 5.16 Å². The van der Waals surface area contributed by atoms with E-state index in [1.54, 1.807) is 0 Å². The van der Waals surface area contributed by atoms with Crippen molar-refractivity contribution in [1.29, 1.82) is 0 Å². The fourth-order valence-corrected chi connectivity index (χ4v) is 3.27. The van der Waals surface area contributed by atoms with Crippen molar-refractivity contribution < 1.29 is 0 Å². The summed E-state index contributed by atoms with van der Waals surface area (Å²) in [4.78, 5) is 19.0. The molecule has 0 bridgehead atoms. The summed E-state index contributed by atoms with van der Waals surface area (Å²) >= 11 is 5.00. The molecular formula is C13H14BrN3OS. The minimum atomic E-state index is -0.142. The topological polar surface area (TPSA) is 57.8 Å². The van der Waals surface area contributed by atoms with Crippen molar-refractivity contribution in [2.24, 2.45) is 0 Å². The SMILES string of the molecule is CNC(C)c1ccc(Sc2nccc(=O)[nH]2)cc1Br. The van der Waals surface area contributed by atoms with E-state index in [2.05, 4.69) is 44.2 Å².